The number of halogens is 5. The second kappa shape index (κ2) is 8.75. The first-order valence-electron chi connectivity index (χ1n) is 7.71. The summed E-state index contributed by atoms with van der Waals surface area (Å²) >= 11 is 11.7. The summed E-state index contributed by atoms with van der Waals surface area (Å²) in [4.78, 5) is 21.9. The molecule has 0 bridgehead atoms. The van der Waals surface area contributed by atoms with Gasteiger partial charge in [-0.05, 0) is 25.1 Å². The molecule has 156 valence electrons. The normalized spacial score (nSPS) is 12.2. The molecule has 7 nitrogen and oxygen atoms in total. The highest BCUT2D eigenvalue weighted by atomic mass is 35.5. The van der Waals surface area contributed by atoms with Gasteiger partial charge in [-0.2, -0.15) is 13.2 Å². The first-order valence-corrected chi connectivity index (χ1v) is 8.46. The van der Waals surface area contributed by atoms with Crippen molar-refractivity contribution >= 4 is 34.9 Å². The lowest BCUT2D eigenvalue weighted by molar-refractivity contribution is -0.386. The van der Waals surface area contributed by atoms with E-state index in [1.165, 1.54) is 6.92 Å². The molecule has 0 aromatic heterocycles. The van der Waals surface area contributed by atoms with Crippen LogP contribution in [0, 0.1) is 10.1 Å². The predicted octanol–water partition coefficient (Wildman–Crippen LogP) is 5.65. The molecule has 2 aromatic rings. The van der Waals surface area contributed by atoms with E-state index in [0.29, 0.717) is 12.1 Å². The van der Waals surface area contributed by atoms with Gasteiger partial charge < -0.3 is 14.2 Å². The molecule has 12 heteroatoms. The fraction of sp³-hybridized carbons (Fsp3) is 0.235. The van der Waals surface area contributed by atoms with Gasteiger partial charge in [0.1, 0.15) is 5.75 Å². The van der Waals surface area contributed by atoms with Crippen LogP contribution in [-0.4, -0.2) is 24.1 Å². The van der Waals surface area contributed by atoms with E-state index < -0.39 is 44.5 Å². The Morgan fingerprint density at radius 3 is 2.24 bits per heavy atom. The Morgan fingerprint density at radius 2 is 1.76 bits per heavy atom. The number of carbonyl (C=O) groups is 1. The van der Waals surface area contributed by atoms with Gasteiger partial charge in [0.15, 0.2) is 11.9 Å². The predicted molar refractivity (Wildman–Crippen MR) is 96.7 cm³/mol. The largest absolute Gasteiger partial charge is 0.472 e. The quantitative estimate of drug-likeness (QED) is 0.318. The Kier molecular flexibility index (Phi) is 6.81. The molecule has 0 fully saturated rings. The van der Waals surface area contributed by atoms with E-state index in [0.717, 1.165) is 25.3 Å². The van der Waals surface area contributed by atoms with Gasteiger partial charge in [-0.1, -0.05) is 23.2 Å². The number of hydrogen-bond acceptors (Lipinski definition) is 6. The topological polar surface area (TPSA) is 87.9 Å². The van der Waals surface area contributed by atoms with Gasteiger partial charge in [0.05, 0.1) is 27.6 Å². The molecule has 0 amide bonds. The minimum Gasteiger partial charge on any atom is -0.472 e. The molecule has 2 rings (SSSR count). The maximum absolute atomic E-state index is 12.8. The molecular formula is C17H12Cl2F3NO6. The molecule has 1 unspecified atom stereocenters. The number of carbonyl (C=O) groups excluding carboxylic acids is 1. The third kappa shape index (κ3) is 5.42. The van der Waals surface area contributed by atoms with Crippen molar-refractivity contribution in [3.05, 3.63) is 56.1 Å². The van der Waals surface area contributed by atoms with Crippen molar-refractivity contribution in [1.82, 2.24) is 0 Å². The van der Waals surface area contributed by atoms with Gasteiger partial charge in [0.25, 0.3) is 0 Å². The highest BCUT2D eigenvalue weighted by Crippen LogP contribution is 2.43. The number of nitrogens with zero attached hydrogens (tertiary/aromatic N) is 1. The third-order valence-electron chi connectivity index (χ3n) is 3.51. The minimum absolute atomic E-state index is 0.0776. The minimum atomic E-state index is -4.66. The van der Waals surface area contributed by atoms with Crippen LogP contribution in [0.15, 0.2) is 30.3 Å². The number of rotatable bonds is 6. The van der Waals surface area contributed by atoms with Gasteiger partial charge in [0.2, 0.25) is 5.75 Å². The lowest BCUT2D eigenvalue weighted by Crippen LogP contribution is -2.25. The summed E-state index contributed by atoms with van der Waals surface area (Å²) in [5.41, 5.74) is -1.54. The van der Waals surface area contributed by atoms with Crippen molar-refractivity contribution in [1.29, 1.82) is 0 Å². The van der Waals surface area contributed by atoms with Crippen molar-refractivity contribution in [3.8, 4) is 17.2 Å². The number of nitro benzene ring substituents is 1. The van der Waals surface area contributed by atoms with E-state index in [2.05, 4.69) is 4.74 Å². The van der Waals surface area contributed by atoms with Gasteiger partial charge in [-0.3, -0.25) is 10.1 Å². The Morgan fingerprint density at radius 1 is 1.17 bits per heavy atom. The van der Waals surface area contributed by atoms with Crippen LogP contribution in [0.2, 0.25) is 10.0 Å². The molecule has 29 heavy (non-hydrogen) atoms. The first kappa shape index (κ1) is 22.6. The zero-order chi connectivity index (χ0) is 21.9. The molecule has 0 spiro atoms. The fourth-order valence-electron chi connectivity index (χ4n) is 2.15. The number of hydrogen-bond donors (Lipinski definition) is 0. The molecule has 1 atom stereocenters. The van der Waals surface area contributed by atoms with Gasteiger partial charge in [-0.25, -0.2) is 4.79 Å². The van der Waals surface area contributed by atoms with E-state index in [4.69, 9.17) is 32.7 Å². The molecule has 0 heterocycles. The molecule has 0 N–H and O–H groups in total. The van der Waals surface area contributed by atoms with Gasteiger partial charge in [0, 0.05) is 12.1 Å². The lowest BCUT2D eigenvalue weighted by atomic mass is 10.2. The van der Waals surface area contributed by atoms with Crippen LogP contribution in [-0.2, 0) is 15.7 Å². The molecule has 0 aliphatic rings. The van der Waals surface area contributed by atoms with Crippen molar-refractivity contribution < 1.29 is 37.1 Å². The van der Waals surface area contributed by atoms with Crippen LogP contribution in [0.5, 0.6) is 17.2 Å². The van der Waals surface area contributed by atoms with Crippen molar-refractivity contribution in [2.75, 3.05) is 7.11 Å². The molecule has 0 radical (unpaired) electrons. The highest BCUT2D eigenvalue weighted by Gasteiger charge is 2.32. The van der Waals surface area contributed by atoms with Crippen LogP contribution >= 0.6 is 23.2 Å². The Labute approximate surface area is 172 Å². The number of esters is 1. The van der Waals surface area contributed by atoms with Crippen LogP contribution in [0.1, 0.15) is 12.5 Å². The number of ether oxygens (including phenoxy) is 3. The van der Waals surface area contributed by atoms with Crippen LogP contribution in [0.4, 0.5) is 18.9 Å². The number of benzene rings is 2. The summed E-state index contributed by atoms with van der Waals surface area (Å²) < 4.78 is 53.6. The Hall–Kier alpha value is -2.72. The molecule has 2 aromatic carbocycles. The summed E-state index contributed by atoms with van der Waals surface area (Å²) in [7, 11) is 1.12. The molecular weight excluding hydrogens is 442 g/mol. The maximum Gasteiger partial charge on any atom is 0.416 e. The van der Waals surface area contributed by atoms with Crippen molar-refractivity contribution in [2.45, 2.75) is 19.2 Å². The van der Waals surface area contributed by atoms with Crippen molar-refractivity contribution in [2.24, 2.45) is 0 Å². The summed E-state index contributed by atoms with van der Waals surface area (Å²) in [6.45, 7) is 1.31. The van der Waals surface area contributed by atoms with E-state index in [1.54, 1.807) is 0 Å². The van der Waals surface area contributed by atoms with Crippen LogP contribution < -0.4 is 9.47 Å². The van der Waals surface area contributed by atoms with Crippen molar-refractivity contribution in [3.63, 3.8) is 0 Å². The van der Waals surface area contributed by atoms with Gasteiger partial charge >= 0.3 is 17.8 Å². The average Bonchev–Trinajstić information content (AvgIpc) is 2.62. The van der Waals surface area contributed by atoms with Crippen LogP contribution in [0.25, 0.3) is 0 Å². The van der Waals surface area contributed by atoms with Crippen LogP contribution in [0.3, 0.4) is 0 Å². The highest BCUT2D eigenvalue weighted by molar-refractivity contribution is 6.37. The smallest absolute Gasteiger partial charge is 0.416 e. The summed E-state index contributed by atoms with van der Waals surface area (Å²) in [5.74, 6) is -1.47. The third-order valence-corrected chi connectivity index (χ3v) is 4.07. The maximum atomic E-state index is 12.8. The second-order valence-corrected chi connectivity index (χ2v) is 6.35. The zero-order valence-corrected chi connectivity index (χ0v) is 16.3. The monoisotopic (exact) mass is 453 g/mol. The summed E-state index contributed by atoms with van der Waals surface area (Å²) in [5, 5.41) is 10.3. The molecule has 0 saturated carbocycles. The standard InChI is InChI=1S/C17H12Cl2F3NO6/c1-8(16(24)27-2)28-14-7-10(3-4-13(14)23(25)26)29-15-11(18)5-9(6-12(15)19)17(20,21)22/h3-8H,1-2H3. The Bertz CT molecular complexity index is 928. The van der Waals surface area contributed by atoms with E-state index in [9.17, 15) is 28.1 Å². The average molecular weight is 454 g/mol. The number of methoxy groups -OCH3 is 1. The summed E-state index contributed by atoms with van der Waals surface area (Å²) in [6.07, 6.45) is -5.84. The lowest BCUT2D eigenvalue weighted by Gasteiger charge is -2.15. The van der Waals surface area contributed by atoms with E-state index in [1.807, 2.05) is 0 Å². The van der Waals surface area contributed by atoms with E-state index in [-0.39, 0.29) is 17.2 Å². The Balaban J connectivity index is 2.40. The SMILES string of the molecule is COC(=O)C(C)Oc1cc(Oc2c(Cl)cc(C(F)(F)F)cc2Cl)ccc1[N+](=O)[O-]. The number of nitro groups is 1. The number of alkyl halides is 3. The van der Waals surface area contributed by atoms with E-state index >= 15 is 0 Å². The summed E-state index contributed by atoms with van der Waals surface area (Å²) in [6, 6.07) is 4.52. The molecule has 0 aliphatic heterocycles. The van der Waals surface area contributed by atoms with Gasteiger partial charge in [-0.15, -0.1) is 0 Å². The molecule has 0 aliphatic carbocycles. The first-order chi connectivity index (χ1) is 13.4. The zero-order valence-electron chi connectivity index (χ0n) is 14.8. The fourth-order valence-corrected chi connectivity index (χ4v) is 2.71. The molecule has 0 saturated heterocycles. The second-order valence-electron chi connectivity index (χ2n) is 5.54.